The Morgan fingerprint density at radius 1 is 1.29 bits per heavy atom. The highest BCUT2D eigenvalue weighted by Crippen LogP contribution is 2.26. The average molecular weight is 305 g/mol. The molecule has 0 saturated heterocycles. The number of fused-ring (bicyclic) bond motifs is 3. The van der Waals surface area contributed by atoms with Crippen molar-refractivity contribution in [3.63, 3.8) is 0 Å². The van der Waals surface area contributed by atoms with Gasteiger partial charge in [-0.15, -0.1) is 10.2 Å². The SMILES string of the molecule is CN(C)CCSc1nnc2c3cc(F)ccc3n(C)c2n1. The van der Waals surface area contributed by atoms with Crippen LogP contribution in [0.5, 0.6) is 0 Å². The third kappa shape index (κ3) is 2.71. The van der Waals surface area contributed by atoms with E-state index >= 15 is 0 Å². The Morgan fingerprint density at radius 3 is 2.86 bits per heavy atom. The van der Waals surface area contributed by atoms with Crippen molar-refractivity contribution in [2.75, 3.05) is 26.4 Å². The summed E-state index contributed by atoms with van der Waals surface area (Å²) >= 11 is 1.57. The first-order valence-electron chi connectivity index (χ1n) is 6.62. The molecule has 0 bridgehead atoms. The Balaban J connectivity index is 2.01. The summed E-state index contributed by atoms with van der Waals surface area (Å²) in [5.41, 5.74) is 2.28. The van der Waals surface area contributed by atoms with Crippen molar-refractivity contribution < 1.29 is 4.39 Å². The maximum absolute atomic E-state index is 13.4. The molecule has 110 valence electrons. The standard InChI is InChI=1S/C14H16FN5S/c1-19(2)6-7-21-14-16-13-12(17-18-14)10-8-9(15)4-5-11(10)20(13)3/h4-5,8H,6-7H2,1-3H3. The molecule has 2 heterocycles. The molecule has 7 heteroatoms. The van der Waals surface area contributed by atoms with E-state index in [0.717, 1.165) is 28.8 Å². The highest BCUT2D eigenvalue weighted by atomic mass is 32.2. The molecule has 0 spiro atoms. The van der Waals surface area contributed by atoms with Gasteiger partial charge in [0, 0.05) is 24.7 Å². The quantitative estimate of drug-likeness (QED) is 0.692. The number of nitrogens with zero attached hydrogens (tertiary/aromatic N) is 5. The van der Waals surface area contributed by atoms with Crippen LogP contribution in [0.25, 0.3) is 22.1 Å². The fourth-order valence-corrected chi connectivity index (χ4v) is 3.09. The summed E-state index contributed by atoms with van der Waals surface area (Å²) in [4.78, 5) is 6.66. The first-order valence-corrected chi connectivity index (χ1v) is 7.60. The van der Waals surface area contributed by atoms with Crippen LogP contribution in [0.3, 0.4) is 0 Å². The lowest BCUT2D eigenvalue weighted by Gasteiger charge is -2.07. The van der Waals surface area contributed by atoms with E-state index in [-0.39, 0.29) is 5.82 Å². The monoisotopic (exact) mass is 305 g/mol. The van der Waals surface area contributed by atoms with Crippen molar-refractivity contribution in [3.8, 4) is 0 Å². The summed E-state index contributed by atoms with van der Waals surface area (Å²) in [6.45, 7) is 0.951. The minimum atomic E-state index is -0.277. The van der Waals surface area contributed by atoms with Gasteiger partial charge in [0.15, 0.2) is 5.65 Å². The smallest absolute Gasteiger partial charge is 0.211 e. The maximum atomic E-state index is 13.4. The number of hydrogen-bond donors (Lipinski definition) is 0. The second kappa shape index (κ2) is 5.57. The zero-order valence-corrected chi connectivity index (χ0v) is 13.0. The zero-order chi connectivity index (χ0) is 15.0. The van der Waals surface area contributed by atoms with Crippen molar-refractivity contribution in [1.29, 1.82) is 0 Å². The number of halogens is 1. The van der Waals surface area contributed by atoms with Crippen LogP contribution in [-0.2, 0) is 7.05 Å². The molecule has 0 amide bonds. The number of benzene rings is 1. The van der Waals surface area contributed by atoms with Crippen molar-refractivity contribution in [2.24, 2.45) is 7.05 Å². The van der Waals surface area contributed by atoms with Gasteiger partial charge < -0.3 is 9.47 Å². The number of thioether (sulfide) groups is 1. The molecule has 0 aliphatic rings. The summed E-state index contributed by atoms with van der Waals surface area (Å²) in [5, 5.41) is 9.78. The van der Waals surface area contributed by atoms with Gasteiger partial charge >= 0.3 is 0 Å². The molecule has 0 fully saturated rings. The molecular formula is C14H16FN5S. The minimum absolute atomic E-state index is 0.277. The highest BCUT2D eigenvalue weighted by Gasteiger charge is 2.13. The summed E-state index contributed by atoms with van der Waals surface area (Å²) < 4.78 is 15.3. The molecule has 0 saturated carbocycles. The van der Waals surface area contributed by atoms with Crippen LogP contribution >= 0.6 is 11.8 Å². The Hall–Kier alpha value is -1.73. The summed E-state index contributed by atoms with van der Waals surface area (Å²) in [6, 6.07) is 4.67. The van der Waals surface area contributed by atoms with Crippen molar-refractivity contribution >= 4 is 33.8 Å². The van der Waals surface area contributed by atoms with Crippen molar-refractivity contribution in [1.82, 2.24) is 24.6 Å². The molecule has 0 radical (unpaired) electrons. The molecule has 3 aromatic rings. The van der Waals surface area contributed by atoms with E-state index in [1.165, 1.54) is 12.1 Å². The molecule has 0 unspecified atom stereocenters. The van der Waals surface area contributed by atoms with E-state index in [4.69, 9.17) is 0 Å². The number of rotatable bonds is 4. The predicted octanol–water partition coefficient (Wildman–Crippen LogP) is 2.31. The van der Waals surface area contributed by atoms with Crippen LogP contribution in [0, 0.1) is 5.82 Å². The van der Waals surface area contributed by atoms with Gasteiger partial charge in [-0.2, -0.15) is 0 Å². The molecule has 5 nitrogen and oxygen atoms in total. The van der Waals surface area contributed by atoms with Crippen LogP contribution in [0.1, 0.15) is 0 Å². The Kier molecular flexibility index (Phi) is 3.77. The summed E-state index contributed by atoms with van der Waals surface area (Å²) in [6.07, 6.45) is 0. The van der Waals surface area contributed by atoms with Crippen molar-refractivity contribution in [2.45, 2.75) is 5.16 Å². The number of aromatic nitrogens is 4. The van der Waals surface area contributed by atoms with E-state index in [1.807, 2.05) is 25.7 Å². The number of hydrogen-bond acceptors (Lipinski definition) is 5. The lowest BCUT2D eigenvalue weighted by molar-refractivity contribution is 0.437. The van der Waals surface area contributed by atoms with Crippen LogP contribution in [0.15, 0.2) is 23.4 Å². The number of aryl methyl sites for hydroxylation is 1. The topological polar surface area (TPSA) is 46.8 Å². The third-order valence-corrected chi connectivity index (χ3v) is 4.13. The van der Waals surface area contributed by atoms with E-state index in [1.54, 1.807) is 17.8 Å². The molecule has 0 atom stereocenters. The minimum Gasteiger partial charge on any atom is -0.327 e. The molecular weight excluding hydrogens is 289 g/mol. The Morgan fingerprint density at radius 2 is 2.10 bits per heavy atom. The molecule has 0 N–H and O–H groups in total. The van der Waals surface area contributed by atoms with Gasteiger partial charge in [-0.3, -0.25) is 0 Å². The van der Waals surface area contributed by atoms with Crippen molar-refractivity contribution in [3.05, 3.63) is 24.0 Å². The molecule has 3 rings (SSSR count). The third-order valence-electron chi connectivity index (χ3n) is 3.31. The second-order valence-electron chi connectivity index (χ2n) is 5.14. The van der Waals surface area contributed by atoms with Gasteiger partial charge in [0.05, 0.1) is 5.52 Å². The molecule has 0 aliphatic heterocycles. The van der Waals surface area contributed by atoms with E-state index in [2.05, 4.69) is 20.1 Å². The molecule has 0 aliphatic carbocycles. The Labute approximate surface area is 126 Å². The van der Waals surface area contributed by atoms with Gasteiger partial charge in [0.2, 0.25) is 5.16 Å². The second-order valence-corrected chi connectivity index (χ2v) is 6.20. The lowest BCUT2D eigenvalue weighted by atomic mass is 10.2. The first kappa shape index (κ1) is 14.2. The first-order chi connectivity index (χ1) is 10.1. The van der Waals surface area contributed by atoms with Crippen LogP contribution in [0.4, 0.5) is 4.39 Å². The normalized spacial score (nSPS) is 11.9. The van der Waals surface area contributed by atoms with Gasteiger partial charge in [-0.1, -0.05) is 11.8 Å². The van der Waals surface area contributed by atoms with Crippen LogP contribution in [-0.4, -0.2) is 51.0 Å². The van der Waals surface area contributed by atoms with E-state index in [9.17, 15) is 4.39 Å². The fraction of sp³-hybridized carbons (Fsp3) is 0.357. The van der Waals surface area contributed by atoms with E-state index < -0.39 is 0 Å². The zero-order valence-electron chi connectivity index (χ0n) is 12.2. The predicted molar refractivity (Wildman–Crippen MR) is 83.0 cm³/mol. The molecule has 2 aromatic heterocycles. The summed E-state index contributed by atoms with van der Waals surface area (Å²) in [5.74, 6) is 0.625. The van der Waals surface area contributed by atoms with Crippen LogP contribution < -0.4 is 0 Å². The molecule has 1 aromatic carbocycles. The Bertz CT molecular complexity index is 799. The van der Waals surface area contributed by atoms with Gasteiger partial charge in [0.1, 0.15) is 11.3 Å². The van der Waals surface area contributed by atoms with Crippen LogP contribution in [0.2, 0.25) is 0 Å². The average Bonchev–Trinajstić information content (AvgIpc) is 2.71. The largest absolute Gasteiger partial charge is 0.327 e. The molecule has 21 heavy (non-hydrogen) atoms. The van der Waals surface area contributed by atoms with Gasteiger partial charge in [-0.25, -0.2) is 9.37 Å². The van der Waals surface area contributed by atoms with E-state index in [0.29, 0.717) is 10.7 Å². The summed E-state index contributed by atoms with van der Waals surface area (Å²) in [7, 11) is 5.97. The lowest BCUT2D eigenvalue weighted by Crippen LogP contribution is -2.15. The maximum Gasteiger partial charge on any atom is 0.211 e. The fourth-order valence-electron chi connectivity index (χ4n) is 2.20. The van der Waals surface area contributed by atoms with Gasteiger partial charge in [0.25, 0.3) is 0 Å². The van der Waals surface area contributed by atoms with Gasteiger partial charge in [-0.05, 0) is 32.3 Å². The highest BCUT2D eigenvalue weighted by molar-refractivity contribution is 7.99.